The SMILES string of the molecule is CCCCCCOc1ccc(-c2ccc3c(F)c(CCc4ccc(Cl)c(F)c4)ccc3c2)nc1. The van der Waals surface area contributed by atoms with Crippen LogP contribution in [0, 0.1) is 11.6 Å². The fourth-order valence-corrected chi connectivity index (χ4v) is 4.14. The lowest BCUT2D eigenvalue weighted by Gasteiger charge is -2.10. The van der Waals surface area contributed by atoms with Gasteiger partial charge in [0, 0.05) is 10.9 Å². The standard InChI is InChI=1S/C29H28ClF2NO/c1-2-3-4-5-16-34-24-12-15-28(33-19-24)23-11-13-25-22(18-23)10-9-21(29(25)32)8-6-20-7-14-26(30)27(31)17-20/h7,9-15,17-19H,2-6,8,16H2,1H3. The number of aryl methyl sites for hydroxylation is 2. The first-order chi connectivity index (χ1) is 16.5. The summed E-state index contributed by atoms with van der Waals surface area (Å²) < 4.78 is 34.6. The maximum Gasteiger partial charge on any atom is 0.142 e. The molecule has 2 nitrogen and oxygen atoms in total. The number of aromatic nitrogens is 1. The minimum Gasteiger partial charge on any atom is -0.492 e. The molecule has 4 rings (SSSR count). The van der Waals surface area contributed by atoms with E-state index in [1.807, 2.05) is 30.3 Å². The third-order valence-corrected chi connectivity index (χ3v) is 6.31. The van der Waals surface area contributed by atoms with E-state index in [2.05, 4.69) is 11.9 Å². The second-order valence-corrected chi connectivity index (χ2v) is 8.92. The number of benzene rings is 3. The third-order valence-electron chi connectivity index (χ3n) is 6.00. The molecule has 0 aliphatic rings. The largest absolute Gasteiger partial charge is 0.492 e. The smallest absolute Gasteiger partial charge is 0.142 e. The van der Waals surface area contributed by atoms with E-state index >= 15 is 4.39 Å². The minimum absolute atomic E-state index is 0.0931. The van der Waals surface area contributed by atoms with Crippen LogP contribution in [-0.4, -0.2) is 11.6 Å². The van der Waals surface area contributed by atoms with Crippen LogP contribution in [0.4, 0.5) is 8.78 Å². The third kappa shape index (κ3) is 5.92. The van der Waals surface area contributed by atoms with Crippen molar-refractivity contribution in [2.45, 2.75) is 45.4 Å². The summed E-state index contributed by atoms with van der Waals surface area (Å²) in [4.78, 5) is 4.53. The van der Waals surface area contributed by atoms with Crippen LogP contribution >= 0.6 is 11.6 Å². The molecule has 0 saturated heterocycles. The van der Waals surface area contributed by atoms with Crippen molar-refractivity contribution in [3.8, 4) is 17.0 Å². The average molecular weight is 480 g/mol. The van der Waals surface area contributed by atoms with Crippen LogP contribution in [-0.2, 0) is 12.8 Å². The molecule has 0 atom stereocenters. The van der Waals surface area contributed by atoms with Crippen molar-refractivity contribution in [3.05, 3.63) is 94.6 Å². The number of hydrogen-bond acceptors (Lipinski definition) is 2. The second kappa shape index (κ2) is 11.4. The van der Waals surface area contributed by atoms with E-state index in [4.69, 9.17) is 16.3 Å². The van der Waals surface area contributed by atoms with Crippen molar-refractivity contribution in [1.29, 1.82) is 0 Å². The Bertz CT molecular complexity index is 1260. The predicted octanol–water partition coefficient (Wildman–Crippen LogP) is 8.58. The lowest BCUT2D eigenvalue weighted by atomic mass is 9.98. The van der Waals surface area contributed by atoms with Crippen molar-refractivity contribution < 1.29 is 13.5 Å². The second-order valence-electron chi connectivity index (χ2n) is 8.51. The van der Waals surface area contributed by atoms with Gasteiger partial charge in [0.25, 0.3) is 0 Å². The molecule has 0 aliphatic heterocycles. The van der Waals surface area contributed by atoms with E-state index in [0.29, 0.717) is 30.4 Å². The summed E-state index contributed by atoms with van der Waals surface area (Å²) in [6, 6.07) is 17.9. The molecule has 0 bridgehead atoms. The first kappa shape index (κ1) is 24.2. The summed E-state index contributed by atoms with van der Waals surface area (Å²) in [6.07, 6.45) is 7.41. The van der Waals surface area contributed by atoms with Gasteiger partial charge in [-0.25, -0.2) is 8.78 Å². The van der Waals surface area contributed by atoms with Crippen molar-refractivity contribution in [3.63, 3.8) is 0 Å². The number of pyridine rings is 1. The number of hydrogen-bond donors (Lipinski definition) is 0. The van der Waals surface area contributed by atoms with E-state index in [-0.39, 0.29) is 10.8 Å². The first-order valence-corrected chi connectivity index (χ1v) is 12.2. The number of fused-ring (bicyclic) bond motifs is 1. The molecule has 0 saturated carbocycles. The predicted molar refractivity (Wildman–Crippen MR) is 136 cm³/mol. The summed E-state index contributed by atoms with van der Waals surface area (Å²) in [7, 11) is 0. The van der Waals surface area contributed by atoms with Crippen molar-refractivity contribution >= 4 is 22.4 Å². The fourth-order valence-electron chi connectivity index (χ4n) is 4.02. The molecule has 1 aromatic heterocycles. The molecule has 0 unspecified atom stereocenters. The molecule has 1 heterocycles. The highest BCUT2D eigenvalue weighted by Crippen LogP contribution is 2.28. The Morgan fingerprint density at radius 1 is 0.882 bits per heavy atom. The minimum atomic E-state index is -0.453. The van der Waals surface area contributed by atoms with E-state index in [1.165, 1.54) is 31.4 Å². The lowest BCUT2D eigenvalue weighted by molar-refractivity contribution is 0.304. The Labute approximate surface area is 204 Å². The molecule has 0 spiro atoms. The molecule has 0 amide bonds. The molecule has 0 N–H and O–H groups in total. The van der Waals surface area contributed by atoms with Gasteiger partial charge in [0.05, 0.1) is 23.5 Å². The number of ether oxygens (including phenoxy) is 1. The molecule has 5 heteroatoms. The molecular formula is C29H28ClF2NO. The Morgan fingerprint density at radius 3 is 2.53 bits per heavy atom. The van der Waals surface area contributed by atoms with Crippen LogP contribution in [0.15, 0.2) is 66.9 Å². The summed E-state index contributed by atoms with van der Waals surface area (Å²) in [5.41, 5.74) is 3.13. The topological polar surface area (TPSA) is 22.1 Å². The van der Waals surface area contributed by atoms with E-state index in [0.717, 1.165) is 34.4 Å². The van der Waals surface area contributed by atoms with Crippen molar-refractivity contribution in [2.24, 2.45) is 0 Å². The Balaban J connectivity index is 1.44. The van der Waals surface area contributed by atoms with E-state index in [1.54, 1.807) is 24.4 Å². The van der Waals surface area contributed by atoms with Gasteiger partial charge in [-0.05, 0) is 66.1 Å². The number of nitrogens with zero attached hydrogens (tertiary/aromatic N) is 1. The van der Waals surface area contributed by atoms with Crippen LogP contribution in [0.1, 0.15) is 43.7 Å². The van der Waals surface area contributed by atoms with Crippen LogP contribution in [0.5, 0.6) is 5.75 Å². The maximum absolute atomic E-state index is 15.2. The zero-order chi connectivity index (χ0) is 23.9. The Kier molecular flexibility index (Phi) is 8.12. The van der Waals surface area contributed by atoms with Crippen molar-refractivity contribution in [2.75, 3.05) is 6.61 Å². The molecule has 34 heavy (non-hydrogen) atoms. The summed E-state index contributed by atoms with van der Waals surface area (Å²) in [5.74, 6) is 0.0708. The zero-order valence-electron chi connectivity index (χ0n) is 19.3. The van der Waals surface area contributed by atoms with Crippen LogP contribution in [0.2, 0.25) is 5.02 Å². The quantitative estimate of drug-likeness (QED) is 0.212. The Morgan fingerprint density at radius 2 is 1.76 bits per heavy atom. The highest BCUT2D eigenvalue weighted by Gasteiger charge is 2.10. The van der Waals surface area contributed by atoms with E-state index < -0.39 is 5.82 Å². The molecular weight excluding hydrogens is 452 g/mol. The molecule has 0 fully saturated rings. The molecule has 3 aromatic carbocycles. The van der Waals surface area contributed by atoms with Crippen LogP contribution in [0.25, 0.3) is 22.0 Å². The number of unbranched alkanes of at least 4 members (excludes halogenated alkanes) is 3. The van der Waals surface area contributed by atoms with Gasteiger partial charge in [0.15, 0.2) is 0 Å². The van der Waals surface area contributed by atoms with Gasteiger partial charge in [-0.15, -0.1) is 0 Å². The Hall–Kier alpha value is -2.98. The summed E-state index contributed by atoms with van der Waals surface area (Å²) in [6.45, 7) is 2.89. The molecule has 4 aromatic rings. The van der Waals surface area contributed by atoms with E-state index in [9.17, 15) is 4.39 Å². The van der Waals surface area contributed by atoms with Crippen LogP contribution < -0.4 is 4.74 Å². The van der Waals surface area contributed by atoms with Crippen LogP contribution in [0.3, 0.4) is 0 Å². The van der Waals surface area contributed by atoms with Gasteiger partial charge in [0.2, 0.25) is 0 Å². The van der Waals surface area contributed by atoms with Gasteiger partial charge in [0.1, 0.15) is 17.4 Å². The fraction of sp³-hybridized carbons (Fsp3) is 0.276. The van der Waals surface area contributed by atoms with Gasteiger partial charge < -0.3 is 4.74 Å². The van der Waals surface area contributed by atoms with Gasteiger partial charge in [-0.2, -0.15) is 0 Å². The number of rotatable bonds is 10. The normalized spacial score (nSPS) is 11.2. The number of halogens is 3. The highest BCUT2D eigenvalue weighted by atomic mass is 35.5. The lowest BCUT2D eigenvalue weighted by Crippen LogP contribution is -1.98. The molecule has 176 valence electrons. The molecule has 0 aliphatic carbocycles. The summed E-state index contributed by atoms with van der Waals surface area (Å²) >= 11 is 5.74. The molecule has 0 radical (unpaired) electrons. The van der Waals surface area contributed by atoms with Gasteiger partial charge in [-0.1, -0.05) is 68.1 Å². The van der Waals surface area contributed by atoms with Gasteiger partial charge >= 0.3 is 0 Å². The average Bonchev–Trinajstić information content (AvgIpc) is 2.86. The highest BCUT2D eigenvalue weighted by molar-refractivity contribution is 6.30. The summed E-state index contributed by atoms with van der Waals surface area (Å²) in [5, 5.41) is 1.47. The maximum atomic E-state index is 15.2. The zero-order valence-corrected chi connectivity index (χ0v) is 20.0. The van der Waals surface area contributed by atoms with Crippen molar-refractivity contribution in [1.82, 2.24) is 4.98 Å². The first-order valence-electron chi connectivity index (χ1n) is 11.8. The van der Waals surface area contributed by atoms with Gasteiger partial charge in [-0.3, -0.25) is 4.98 Å². The monoisotopic (exact) mass is 479 g/mol.